The van der Waals surface area contributed by atoms with Crippen molar-refractivity contribution >= 4 is 23.1 Å². The quantitative estimate of drug-likeness (QED) is 0.319. The molecule has 0 aliphatic heterocycles. The number of hydrogen-bond acceptors (Lipinski definition) is 6. The van der Waals surface area contributed by atoms with Crippen molar-refractivity contribution in [1.29, 1.82) is 0 Å². The molecule has 1 saturated carbocycles. The van der Waals surface area contributed by atoms with Crippen LogP contribution in [0.4, 0.5) is 10.7 Å². The lowest BCUT2D eigenvalue weighted by Gasteiger charge is -2.42. The van der Waals surface area contributed by atoms with E-state index in [-0.39, 0.29) is 24.4 Å². The maximum atomic E-state index is 13.4. The van der Waals surface area contributed by atoms with Crippen LogP contribution in [0.5, 0.6) is 0 Å². The zero-order valence-electron chi connectivity index (χ0n) is 19.2. The van der Waals surface area contributed by atoms with Gasteiger partial charge in [0.05, 0.1) is 12.1 Å². The second kappa shape index (κ2) is 8.92. The third kappa shape index (κ3) is 3.93. The third-order valence-corrected chi connectivity index (χ3v) is 6.64. The highest BCUT2D eigenvalue weighted by molar-refractivity contribution is 6.00. The predicted octanol–water partition coefficient (Wildman–Crippen LogP) is 3.91. The molecule has 0 unspecified atom stereocenters. The Bertz CT molecular complexity index is 1440. The number of carbonyl (C=O) groups is 1. The molecule has 0 radical (unpaired) electrons. The van der Waals surface area contributed by atoms with E-state index in [1.165, 1.54) is 4.57 Å². The molecule has 0 atom stereocenters. The number of carboxylic acid groups (broad SMARTS) is 1. The zero-order chi connectivity index (χ0) is 24.6. The van der Waals surface area contributed by atoms with Gasteiger partial charge < -0.3 is 25.3 Å². The van der Waals surface area contributed by atoms with E-state index in [9.17, 15) is 14.7 Å². The van der Waals surface area contributed by atoms with Crippen LogP contribution in [0.2, 0.25) is 0 Å². The molecule has 9 nitrogen and oxygen atoms in total. The van der Waals surface area contributed by atoms with Crippen LogP contribution in [-0.4, -0.2) is 39.0 Å². The minimum absolute atomic E-state index is 0.100. The summed E-state index contributed by atoms with van der Waals surface area (Å²) in [6.07, 6.45) is 1.43. The van der Waals surface area contributed by atoms with Gasteiger partial charge in [0.1, 0.15) is 11.1 Å². The number of anilines is 1. The van der Waals surface area contributed by atoms with Crippen molar-refractivity contribution in [3.05, 3.63) is 70.5 Å². The molecular weight excluding hydrogens is 448 g/mol. The fourth-order valence-electron chi connectivity index (χ4n) is 4.70. The van der Waals surface area contributed by atoms with Gasteiger partial charge in [-0.25, -0.2) is 4.79 Å². The first-order valence-electron chi connectivity index (χ1n) is 11.5. The topological polar surface area (TPSA) is 130 Å². The number of amides is 1. The highest BCUT2D eigenvalue weighted by Crippen LogP contribution is 2.43. The lowest BCUT2D eigenvalue weighted by Crippen LogP contribution is -2.50. The number of benzene rings is 2. The van der Waals surface area contributed by atoms with E-state index >= 15 is 0 Å². The average Bonchev–Trinajstić information content (AvgIpc) is 3.23. The van der Waals surface area contributed by atoms with Crippen molar-refractivity contribution in [3.8, 4) is 22.5 Å². The summed E-state index contributed by atoms with van der Waals surface area (Å²) in [6.45, 7) is 0.148. The van der Waals surface area contributed by atoms with E-state index in [0.29, 0.717) is 22.7 Å². The second-order valence-electron chi connectivity index (χ2n) is 8.75. The SMILES string of the molecule is Cn1c(NCCO)nc2oc(-c3ccc(C4(NC(=O)O)CCC4)cc3)c(-c3ccccc3)c2c1=O. The Morgan fingerprint density at radius 2 is 1.83 bits per heavy atom. The number of aliphatic hydroxyl groups excluding tert-OH is 1. The first-order chi connectivity index (χ1) is 16.9. The van der Waals surface area contributed by atoms with Gasteiger partial charge in [-0.15, -0.1) is 0 Å². The van der Waals surface area contributed by atoms with Gasteiger partial charge in [-0.2, -0.15) is 4.98 Å². The van der Waals surface area contributed by atoms with E-state index < -0.39 is 11.6 Å². The Hall–Kier alpha value is -4.11. The molecule has 1 amide bonds. The lowest BCUT2D eigenvalue weighted by atomic mass is 9.72. The molecular formula is C26H26N4O5. The Balaban J connectivity index is 1.66. The summed E-state index contributed by atoms with van der Waals surface area (Å²) in [5.74, 6) is 0.814. The monoisotopic (exact) mass is 474 g/mol. The third-order valence-electron chi connectivity index (χ3n) is 6.64. The molecule has 2 aromatic heterocycles. The van der Waals surface area contributed by atoms with Crippen LogP contribution in [0.25, 0.3) is 33.6 Å². The van der Waals surface area contributed by atoms with Crippen LogP contribution < -0.4 is 16.2 Å². The van der Waals surface area contributed by atoms with Crippen LogP contribution in [0.15, 0.2) is 63.8 Å². The summed E-state index contributed by atoms with van der Waals surface area (Å²) < 4.78 is 7.60. The number of hydrogen-bond donors (Lipinski definition) is 4. The van der Waals surface area contributed by atoms with E-state index in [2.05, 4.69) is 15.6 Å². The van der Waals surface area contributed by atoms with Crippen LogP contribution in [0.1, 0.15) is 24.8 Å². The van der Waals surface area contributed by atoms with Crippen molar-refractivity contribution in [3.63, 3.8) is 0 Å². The fraction of sp³-hybridized carbons (Fsp3) is 0.269. The van der Waals surface area contributed by atoms with Crippen molar-refractivity contribution in [2.24, 2.45) is 7.05 Å². The molecule has 4 N–H and O–H groups in total. The predicted molar refractivity (Wildman–Crippen MR) is 132 cm³/mol. The second-order valence-corrected chi connectivity index (χ2v) is 8.75. The summed E-state index contributed by atoms with van der Waals surface area (Å²) in [7, 11) is 1.62. The number of furan rings is 1. The minimum Gasteiger partial charge on any atom is -0.465 e. The molecule has 0 spiro atoms. The van der Waals surface area contributed by atoms with Gasteiger partial charge in [0.2, 0.25) is 11.7 Å². The van der Waals surface area contributed by atoms with E-state index in [1.54, 1.807) is 7.05 Å². The molecule has 0 saturated heterocycles. The molecule has 9 heteroatoms. The van der Waals surface area contributed by atoms with E-state index in [0.717, 1.165) is 36.0 Å². The number of aromatic nitrogens is 2. The van der Waals surface area contributed by atoms with Crippen LogP contribution in [0.3, 0.4) is 0 Å². The number of rotatable bonds is 7. The van der Waals surface area contributed by atoms with E-state index in [1.807, 2.05) is 54.6 Å². The molecule has 0 bridgehead atoms. The zero-order valence-corrected chi connectivity index (χ0v) is 19.2. The van der Waals surface area contributed by atoms with E-state index in [4.69, 9.17) is 9.52 Å². The Kier molecular flexibility index (Phi) is 5.78. The molecule has 1 fully saturated rings. The summed E-state index contributed by atoms with van der Waals surface area (Å²) in [4.78, 5) is 29.2. The van der Waals surface area contributed by atoms with Gasteiger partial charge in [0, 0.05) is 24.7 Å². The summed E-state index contributed by atoms with van der Waals surface area (Å²) in [6, 6.07) is 17.1. The Morgan fingerprint density at radius 3 is 2.43 bits per heavy atom. The summed E-state index contributed by atoms with van der Waals surface area (Å²) in [5, 5.41) is 24.4. The summed E-state index contributed by atoms with van der Waals surface area (Å²) >= 11 is 0. The summed E-state index contributed by atoms with van der Waals surface area (Å²) in [5.41, 5.74) is 2.50. The van der Waals surface area contributed by atoms with Crippen LogP contribution >= 0.6 is 0 Å². The standard InChI is InChI=1S/C26H26N4O5/c1-30-23(32)20-19(16-6-3-2-4-7-16)21(35-22(20)28-24(30)27-14-15-31)17-8-10-18(11-9-17)26(12-5-13-26)29-25(33)34/h2-4,6-11,29,31H,5,12-15H2,1H3,(H,27,28)(H,33,34). The van der Waals surface area contributed by atoms with Gasteiger partial charge in [0.15, 0.2) is 0 Å². The Labute approximate surface area is 201 Å². The molecule has 2 aromatic carbocycles. The molecule has 4 aromatic rings. The number of nitrogens with one attached hydrogen (secondary N) is 2. The molecule has 1 aliphatic carbocycles. The van der Waals surface area contributed by atoms with Crippen molar-refractivity contribution in [2.75, 3.05) is 18.5 Å². The fourth-order valence-corrected chi connectivity index (χ4v) is 4.70. The maximum Gasteiger partial charge on any atom is 0.405 e. The van der Waals surface area contributed by atoms with Gasteiger partial charge in [-0.05, 0) is 30.4 Å². The van der Waals surface area contributed by atoms with Crippen LogP contribution in [0, 0.1) is 0 Å². The molecule has 2 heterocycles. The number of fused-ring (bicyclic) bond motifs is 1. The molecule has 180 valence electrons. The maximum absolute atomic E-state index is 13.4. The smallest absolute Gasteiger partial charge is 0.405 e. The number of aliphatic hydroxyl groups is 1. The first-order valence-corrected chi connectivity index (χ1v) is 11.5. The number of nitrogens with zero attached hydrogens (tertiary/aromatic N) is 2. The minimum atomic E-state index is -1.04. The molecule has 5 rings (SSSR count). The molecule has 35 heavy (non-hydrogen) atoms. The van der Waals surface area contributed by atoms with Crippen molar-refractivity contribution in [1.82, 2.24) is 14.9 Å². The lowest BCUT2D eigenvalue weighted by molar-refractivity contribution is 0.144. The highest BCUT2D eigenvalue weighted by Gasteiger charge is 2.40. The van der Waals surface area contributed by atoms with Crippen molar-refractivity contribution < 1.29 is 19.4 Å². The Morgan fingerprint density at radius 1 is 1.11 bits per heavy atom. The van der Waals surface area contributed by atoms with Crippen molar-refractivity contribution in [2.45, 2.75) is 24.8 Å². The normalized spacial score (nSPS) is 14.5. The largest absolute Gasteiger partial charge is 0.465 e. The highest BCUT2D eigenvalue weighted by atomic mass is 16.4. The first kappa shape index (κ1) is 22.7. The van der Waals surface area contributed by atoms with Gasteiger partial charge in [0.25, 0.3) is 5.56 Å². The van der Waals surface area contributed by atoms with Gasteiger partial charge in [-0.1, -0.05) is 54.6 Å². The van der Waals surface area contributed by atoms with Gasteiger partial charge in [-0.3, -0.25) is 9.36 Å². The molecule has 1 aliphatic rings. The van der Waals surface area contributed by atoms with Gasteiger partial charge >= 0.3 is 6.09 Å². The van der Waals surface area contributed by atoms with Crippen LogP contribution in [-0.2, 0) is 12.6 Å². The average molecular weight is 475 g/mol.